The Kier molecular flexibility index (Phi) is 2.38. The largest absolute Gasteiger partial charge is 0.305 e. The average Bonchev–Trinajstić information content (AvgIpc) is 2.52. The number of aromatic nitrogens is 2. The fourth-order valence-electron chi connectivity index (χ4n) is 1.08. The monoisotopic (exact) mass is 256 g/mol. The number of hydrogen-bond donors (Lipinski definition) is 0. The first kappa shape index (κ1) is 8.78. The molecule has 2 rings (SSSR count). The van der Waals surface area contributed by atoms with Crippen LogP contribution in [-0.4, -0.2) is 9.55 Å². The van der Waals surface area contributed by atoms with Crippen molar-refractivity contribution in [2.75, 3.05) is 0 Å². The van der Waals surface area contributed by atoms with Gasteiger partial charge >= 0.3 is 0 Å². The molecule has 4 heteroatoms. The number of imidazole rings is 1. The van der Waals surface area contributed by atoms with Gasteiger partial charge in [-0.15, -0.1) is 0 Å². The SMILES string of the molecule is Clc1cccc(-n2cnc(Br)c2)c1. The zero-order valence-corrected chi connectivity index (χ0v) is 8.96. The van der Waals surface area contributed by atoms with E-state index < -0.39 is 0 Å². The molecule has 13 heavy (non-hydrogen) atoms. The minimum absolute atomic E-state index is 0.724. The van der Waals surface area contributed by atoms with Crippen LogP contribution >= 0.6 is 27.5 Å². The lowest BCUT2D eigenvalue weighted by Crippen LogP contribution is -1.88. The van der Waals surface area contributed by atoms with Crippen molar-refractivity contribution in [3.63, 3.8) is 0 Å². The van der Waals surface area contributed by atoms with Crippen LogP contribution < -0.4 is 0 Å². The topological polar surface area (TPSA) is 17.8 Å². The smallest absolute Gasteiger partial charge is 0.124 e. The molecule has 1 aromatic heterocycles. The van der Waals surface area contributed by atoms with Gasteiger partial charge in [0.2, 0.25) is 0 Å². The third-order valence-electron chi connectivity index (χ3n) is 1.66. The van der Waals surface area contributed by atoms with Crippen molar-refractivity contribution in [3.05, 3.63) is 46.4 Å². The molecule has 1 heterocycles. The Morgan fingerprint density at radius 2 is 2.23 bits per heavy atom. The third kappa shape index (κ3) is 1.92. The van der Waals surface area contributed by atoms with Gasteiger partial charge in [-0.05, 0) is 34.1 Å². The maximum Gasteiger partial charge on any atom is 0.124 e. The van der Waals surface area contributed by atoms with Gasteiger partial charge in [-0.25, -0.2) is 4.98 Å². The average molecular weight is 258 g/mol. The number of benzene rings is 1. The van der Waals surface area contributed by atoms with Crippen molar-refractivity contribution < 1.29 is 0 Å². The lowest BCUT2D eigenvalue weighted by molar-refractivity contribution is 1.06. The molecule has 0 fully saturated rings. The number of hydrogen-bond acceptors (Lipinski definition) is 1. The molecule has 0 atom stereocenters. The molecule has 2 aromatic rings. The number of rotatable bonds is 1. The molecule has 0 aliphatic heterocycles. The fraction of sp³-hybridized carbons (Fsp3) is 0. The van der Waals surface area contributed by atoms with Gasteiger partial charge in [0.05, 0.1) is 0 Å². The molecule has 2 nitrogen and oxygen atoms in total. The van der Waals surface area contributed by atoms with E-state index in [1.807, 2.05) is 35.0 Å². The summed E-state index contributed by atoms with van der Waals surface area (Å²) in [4.78, 5) is 4.06. The number of nitrogens with zero attached hydrogens (tertiary/aromatic N) is 2. The number of halogens is 2. The molecule has 0 amide bonds. The van der Waals surface area contributed by atoms with Crippen LogP contribution in [0.5, 0.6) is 0 Å². The van der Waals surface area contributed by atoms with Gasteiger partial charge in [-0.1, -0.05) is 17.7 Å². The van der Waals surface area contributed by atoms with Crippen LogP contribution in [-0.2, 0) is 0 Å². The highest BCUT2D eigenvalue weighted by Crippen LogP contribution is 2.16. The first-order valence-electron chi connectivity index (χ1n) is 3.71. The van der Waals surface area contributed by atoms with E-state index in [0.717, 1.165) is 15.3 Å². The molecule has 0 saturated carbocycles. The molecule has 0 spiro atoms. The predicted molar refractivity (Wildman–Crippen MR) is 56.3 cm³/mol. The van der Waals surface area contributed by atoms with Crippen LogP contribution in [0, 0.1) is 0 Å². The zero-order valence-electron chi connectivity index (χ0n) is 6.61. The second-order valence-electron chi connectivity index (χ2n) is 2.58. The first-order chi connectivity index (χ1) is 6.25. The summed E-state index contributed by atoms with van der Waals surface area (Å²) < 4.78 is 2.71. The van der Waals surface area contributed by atoms with E-state index >= 15 is 0 Å². The lowest BCUT2D eigenvalue weighted by atomic mass is 10.3. The van der Waals surface area contributed by atoms with E-state index in [1.165, 1.54) is 0 Å². The zero-order chi connectivity index (χ0) is 9.26. The molecule has 1 aromatic carbocycles. The normalized spacial score (nSPS) is 10.3. The summed E-state index contributed by atoms with van der Waals surface area (Å²) in [7, 11) is 0. The summed E-state index contributed by atoms with van der Waals surface area (Å²) in [5, 5.41) is 0.724. The van der Waals surface area contributed by atoms with Gasteiger partial charge in [0, 0.05) is 16.9 Å². The van der Waals surface area contributed by atoms with Gasteiger partial charge in [-0.3, -0.25) is 0 Å². The van der Waals surface area contributed by atoms with Gasteiger partial charge in [0.1, 0.15) is 10.9 Å². The van der Waals surface area contributed by atoms with Crippen LogP contribution in [0.1, 0.15) is 0 Å². The summed E-state index contributed by atoms with van der Waals surface area (Å²) in [6.07, 6.45) is 3.61. The van der Waals surface area contributed by atoms with Gasteiger partial charge in [-0.2, -0.15) is 0 Å². The van der Waals surface area contributed by atoms with E-state index in [-0.39, 0.29) is 0 Å². The highest BCUT2D eigenvalue weighted by molar-refractivity contribution is 9.10. The maximum absolute atomic E-state index is 5.86. The van der Waals surface area contributed by atoms with E-state index in [1.54, 1.807) is 6.33 Å². The van der Waals surface area contributed by atoms with Crippen LogP contribution in [0.4, 0.5) is 0 Å². The first-order valence-corrected chi connectivity index (χ1v) is 4.88. The molecular formula is C9H6BrClN2. The minimum atomic E-state index is 0.724. The Morgan fingerprint density at radius 1 is 1.38 bits per heavy atom. The molecule has 0 N–H and O–H groups in total. The third-order valence-corrected chi connectivity index (χ3v) is 2.30. The Bertz CT molecular complexity index is 425. The summed E-state index contributed by atoms with van der Waals surface area (Å²) in [5.41, 5.74) is 1.01. The molecule has 0 aliphatic rings. The second-order valence-corrected chi connectivity index (χ2v) is 3.83. The van der Waals surface area contributed by atoms with Crippen molar-refractivity contribution in [3.8, 4) is 5.69 Å². The standard InChI is InChI=1S/C9H6BrClN2/c10-9-5-13(6-12-9)8-3-1-2-7(11)4-8/h1-6H. The Morgan fingerprint density at radius 3 is 2.85 bits per heavy atom. The summed E-state index contributed by atoms with van der Waals surface area (Å²) in [6.45, 7) is 0. The van der Waals surface area contributed by atoms with Crippen LogP contribution in [0.15, 0.2) is 41.4 Å². The van der Waals surface area contributed by atoms with Crippen molar-refractivity contribution in [1.82, 2.24) is 9.55 Å². The van der Waals surface area contributed by atoms with Crippen molar-refractivity contribution in [2.45, 2.75) is 0 Å². The molecular weight excluding hydrogens is 251 g/mol. The van der Waals surface area contributed by atoms with E-state index in [4.69, 9.17) is 11.6 Å². The van der Waals surface area contributed by atoms with Crippen molar-refractivity contribution >= 4 is 27.5 Å². The van der Waals surface area contributed by atoms with Crippen molar-refractivity contribution in [2.24, 2.45) is 0 Å². The predicted octanol–water partition coefficient (Wildman–Crippen LogP) is 3.29. The minimum Gasteiger partial charge on any atom is -0.305 e. The summed E-state index contributed by atoms with van der Waals surface area (Å²) in [6, 6.07) is 7.61. The molecule has 66 valence electrons. The quantitative estimate of drug-likeness (QED) is 0.766. The van der Waals surface area contributed by atoms with E-state index in [9.17, 15) is 0 Å². The highest BCUT2D eigenvalue weighted by atomic mass is 79.9. The Labute approximate surface area is 89.3 Å². The summed E-state index contributed by atoms with van der Waals surface area (Å²) >= 11 is 9.14. The molecule has 0 saturated heterocycles. The summed E-state index contributed by atoms with van der Waals surface area (Å²) in [5.74, 6) is 0. The highest BCUT2D eigenvalue weighted by Gasteiger charge is 1.97. The van der Waals surface area contributed by atoms with Gasteiger partial charge in [0.15, 0.2) is 0 Å². The van der Waals surface area contributed by atoms with Crippen LogP contribution in [0.25, 0.3) is 5.69 Å². The van der Waals surface area contributed by atoms with Crippen molar-refractivity contribution in [1.29, 1.82) is 0 Å². The van der Waals surface area contributed by atoms with Gasteiger partial charge < -0.3 is 4.57 Å². The van der Waals surface area contributed by atoms with Crippen LogP contribution in [0.2, 0.25) is 5.02 Å². The Hall–Kier alpha value is -0.800. The molecule has 0 bridgehead atoms. The lowest BCUT2D eigenvalue weighted by Gasteiger charge is -2.00. The van der Waals surface area contributed by atoms with Gasteiger partial charge in [0.25, 0.3) is 0 Å². The molecule has 0 unspecified atom stereocenters. The van der Waals surface area contributed by atoms with E-state index in [2.05, 4.69) is 20.9 Å². The maximum atomic E-state index is 5.86. The molecule has 0 aliphatic carbocycles. The second kappa shape index (κ2) is 3.52. The van der Waals surface area contributed by atoms with E-state index in [0.29, 0.717) is 0 Å². The molecule has 0 radical (unpaired) electrons. The Balaban J connectivity index is 2.46. The fourth-order valence-corrected chi connectivity index (χ4v) is 1.57. The van der Waals surface area contributed by atoms with Crippen LogP contribution in [0.3, 0.4) is 0 Å².